The molecule has 0 unspecified atom stereocenters. The Kier molecular flexibility index (Phi) is 4.97. The van der Waals surface area contributed by atoms with Crippen LogP contribution in [0.1, 0.15) is 21.9 Å². The minimum atomic E-state index is -0.450. The van der Waals surface area contributed by atoms with Gasteiger partial charge in [0.1, 0.15) is 17.8 Å². The predicted octanol–water partition coefficient (Wildman–Crippen LogP) is 3.87. The highest BCUT2D eigenvalue weighted by molar-refractivity contribution is 5.91. The first-order valence-corrected chi connectivity index (χ1v) is 8.62. The molecule has 0 aliphatic carbocycles. The van der Waals surface area contributed by atoms with Crippen LogP contribution in [0, 0.1) is 5.82 Å². The highest BCUT2D eigenvalue weighted by atomic mass is 19.1. The van der Waals surface area contributed by atoms with Crippen molar-refractivity contribution in [2.45, 2.75) is 13.2 Å². The summed E-state index contributed by atoms with van der Waals surface area (Å²) in [6.45, 7) is 0.135. The number of nitrogens with zero attached hydrogens (tertiary/aromatic N) is 2. The highest BCUT2D eigenvalue weighted by Gasteiger charge is 2.13. The number of fused-ring (bicyclic) bond motifs is 1. The van der Waals surface area contributed by atoms with Crippen molar-refractivity contribution in [3.63, 3.8) is 0 Å². The second-order valence-electron chi connectivity index (χ2n) is 6.04. The first-order chi connectivity index (χ1) is 13.7. The summed E-state index contributed by atoms with van der Waals surface area (Å²) >= 11 is 0. The van der Waals surface area contributed by atoms with Gasteiger partial charge in [-0.05, 0) is 18.2 Å². The quantitative estimate of drug-likeness (QED) is 0.552. The van der Waals surface area contributed by atoms with Crippen LogP contribution in [0.2, 0.25) is 0 Å². The minimum absolute atomic E-state index is 0.0637. The SMILES string of the molecule is O=C(NCc1ccccc1F)c1coc(COc2cccc3cnccc23)n1. The van der Waals surface area contributed by atoms with Gasteiger partial charge in [0.2, 0.25) is 5.89 Å². The van der Waals surface area contributed by atoms with Crippen molar-refractivity contribution in [1.29, 1.82) is 0 Å². The zero-order valence-electron chi connectivity index (χ0n) is 14.8. The largest absolute Gasteiger partial charge is 0.483 e. The Hall–Kier alpha value is -3.74. The summed E-state index contributed by atoms with van der Waals surface area (Å²) in [5, 5.41) is 4.50. The molecule has 4 rings (SSSR count). The summed E-state index contributed by atoms with van der Waals surface area (Å²) < 4.78 is 24.7. The molecular formula is C21H16FN3O3. The summed E-state index contributed by atoms with van der Waals surface area (Å²) in [6.07, 6.45) is 4.70. The van der Waals surface area contributed by atoms with Crippen molar-refractivity contribution in [2.24, 2.45) is 0 Å². The fourth-order valence-corrected chi connectivity index (χ4v) is 2.75. The predicted molar refractivity (Wildman–Crippen MR) is 100 cm³/mol. The number of pyridine rings is 1. The average molecular weight is 377 g/mol. The van der Waals surface area contributed by atoms with Crippen LogP contribution in [0.3, 0.4) is 0 Å². The topological polar surface area (TPSA) is 77.2 Å². The Bertz CT molecular complexity index is 1120. The number of benzene rings is 2. The van der Waals surface area contributed by atoms with Gasteiger partial charge in [-0.2, -0.15) is 0 Å². The summed E-state index contributed by atoms with van der Waals surface area (Å²) in [6, 6.07) is 13.8. The van der Waals surface area contributed by atoms with E-state index in [0.717, 1.165) is 10.8 Å². The van der Waals surface area contributed by atoms with Crippen LogP contribution < -0.4 is 10.1 Å². The second kappa shape index (κ2) is 7.87. The van der Waals surface area contributed by atoms with E-state index in [1.165, 1.54) is 12.3 Å². The molecule has 2 aromatic carbocycles. The van der Waals surface area contributed by atoms with E-state index in [1.54, 1.807) is 30.6 Å². The molecule has 0 radical (unpaired) electrons. The maximum absolute atomic E-state index is 13.6. The van der Waals surface area contributed by atoms with Crippen molar-refractivity contribution in [2.75, 3.05) is 0 Å². The number of nitrogens with one attached hydrogen (secondary N) is 1. The van der Waals surface area contributed by atoms with Crippen molar-refractivity contribution in [3.8, 4) is 5.75 Å². The summed E-state index contributed by atoms with van der Waals surface area (Å²) in [5.41, 5.74) is 0.505. The van der Waals surface area contributed by atoms with Gasteiger partial charge in [0.05, 0.1) is 0 Å². The number of ether oxygens (including phenoxy) is 1. The maximum Gasteiger partial charge on any atom is 0.273 e. The number of hydrogen-bond donors (Lipinski definition) is 1. The van der Waals surface area contributed by atoms with Crippen LogP contribution in [0.5, 0.6) is 5.75 Å². The lowest BCUT2D eigenvalue weighted by Gasteiger charge is -2.07. The van der Waals surface area contributed by atoms with Crippen LogP contribution in [-0.4, -0.2) is 15.9 Å². The van der Waals surface area contributed by atoms with E-state index in [0.29, 0.717) is 11.3 Å². The first kappa shape index (κ1) is 17.7. The number of halogens is 1. The lowest BCUT2D eigenvalue weighted by atomic mass is 10.1. The Morgan fingerprint density at radius 3 is 2.93 bits per heavy atom. The molecule has 28 heavy (non-hydrogen) atoms. The molecule has 0 spiro atoms. The van der Waals surface area contributed by atoms with E-state index < -0.39 is 5.91 Å². The molecule has 0 fully saturated rings. The fourth-order valence-electron chi connectivity index (χ4n) is 2.75. The minimum Gasteiger partial charge on any atom is -0.483 e. The van der Waals surface area contributed by atoms with Gasteiger partial charge in [-0.15, -0.1) is 0 Å². The molecule has 2 aromatic heterocycles. The molecule has 4 aromatic rings. The van der Waals surface area contributed by atoms with Crippen LogP contribution in [0.25, 0.3) is 10.8 Å². The standard InChI is InChI=1S/C21H16FN3O3/c22-17-6-2-1-4-15(17)11-24-21(26)18-12-28-20(25-18)13-27-19-7-3-5-14-10-23-9-8-16(14)19/h1-10,12H,11,13H2,(H,24,26). The second-order valence-corrected chi connectivity index (χ2v) is 6.04. The van der Waals surface area contributed by atoms with Gasteiger partial charge in [0.15, 0.2) is 12.3 Å². The molecule has 1 amide bonds. The third-order valence-electron chi connectivity index (χ3n) is 4.17. The number of carbonyl (C=O) groups excluding carboxylic acids is 1. The van der Waals surface area contributed by atoms with Gasteiger partial charge in [-0.1, -0.05) is 30.3 Å². The summed E-state index contributed by atoms with van der Waals surface area (Å²) in [4.78, 5) is 20.4. The normalized spacial score (nSPS) is 10.8. The Labute approximate surface area is 160 Å². The van der Waals surface area contributed by atoms with Crippen LogP contribution >= 0.6 is 0 Å². The lowest BCUT2D eigenvalue weighted by molar-refractivity contribution is 0.0945. The van der Waals surface area contributed by atoms with Crippen LogP contribution in [0.15, 0.2) is 71.6 Å². The van der Waals surface area contributed by atoms with Crippen molar-refractivity contribution < 1.29 is 18.3 Å². The highest BCUT2D eigenvalue weighted by Crippen LogP contribution is 2.25. The van der Waals surface area contributed by atoms with Crippen molar-refractivity contribution in [3.05, 3.63) is 90.2 Å². The number of carbonyl (C=O) groups is 1. The van der Waals surface area contributed by atoms with E-state index >= 15 is 0 Å². The molecule has 0 aliphatic heterocycles. The molecule has 0 saturated carbocycles. The van der Waals surface area contributed by atoms with Gasteiger partial charge >= 0.3 is 0 Å². The van der Waals surface area contributed by atoms with E-state index in [2.05, 4.69) is 15.3 Å². The van der Waals surface area contributed by atoms with Gasteiger partial charge in [-0.3, -0.25) is 9.78 Å². The van der Waals surface area contributed by atoms with Crippen LogP contribution in [-0.2, 0) is 13.2 Å². The maximum atomic E-state index is 13.6. The number of rotatable bonds is 6. The molecule has 140 valence electrons. The van der Waals surface area contributed by atoms with Gasteiger partial charge in [0, 0.05) is 35.3 Å². The third kappa shape index (κ3) is 3.83. The monoisotopic (exact) mass is 377 g/mol. The molecular weight excluding hydrogens is 361 g/mol. The van der Waals surface area contributed by atoms with Crippen molar-refractivity contribution >= 4 is 16.7 Å². The molecule has 1 N–H and O–H groups in total. The Morgan fingerprint density at radius 1 is 1.14 bits per heavy atom. The molecule has 0 saturated heterocycles. The van der Waals surface area contributed by atoms with Gasteiger partial charge < -0.3 is 14.5 Å². The Morgan fingerprint density at radius 2 is 2.04 bits per heavy atom. The number of amides is 1. The molecule has 6 nitrogen and oxygen atoms in total. The van der Waals surface area contributed by atoms with Crippen LogP contribution in [0.4, 0.5) is 4.39 Å². The van der Waals surface area contributed by atoms with E-state index in [-0.39, 0.29) is 30.6 Å². The first-order valence-electron chi connectivity index (χ1n) is 8.62. The van der Waals surface area contributed by atoms with Gasteiger partial charge in [-0.25, -0.2) is 9.37 Å². The third-order valence-corrected chi connectivity index (χ3v) is 4.17. The summed E-state index contributed by atoms with van der Waals surface area (Å²) in [5.74, 6) is 0.113. The van der Waals surface area contributed by atoms with E-state index in [1.807, 2.05) is 24.3 Å². The number of aromatic nitrogens is 2. The van der Waals surface area contributed by atoms with E-state index in [9.17, 15) is 9.18 Å². The van der Waals surface area contributed by atoms with Gasteiger partial charge in [0.25, 0.3) is 5.91 Å². The number of oxazole rings is 1. The smallest absolute Gasteiger partial charge is 0.273 e. The molecule has 0 bridgehead atoms. The lowest BCUT2D eigenvalue weighted by Crippen LogP contribution is -2.23. The molecule has 2 heterocycles. The van der Waals surface area contributed by atoms with Crippen molar-refractivity contribution in [1.82, 2.24) is 15.3 Å². The number of hydrogen-bond acceptors (Lipinski definition) is 5. The average Bonchev–Trinajstić information content (AvgIpc) is 3.20. The Balaban J connectivity index is 1.39. The van der Waals surface area contributed by atoms with E-state index in [4.69, 9.17) is 9.15 Å². The molecule has 7 heteroatoms. The fraction of sp³-hybridized carbons (Fsp3) is 0.0952. The summed E-state index contributed by atoms with van der Waals surface area (Å²) in [7, 11) is 0. The molecule has 0 aliphatic rings. The molecule has 0 atom stereocenters. The zero-order chi connectivity index (χ0) is 19.3. The zero-order valence-corrected chi connectivity index (χ0v) is 14.8.